The lowest BCUT2D eigenvalue weighted by molar-refractivity contribution is 1.46. The maximum Gasteiger partial charge on any atom is 0.0711 e. The predicted molar refractivity (Wildman–Crippen MR) is 167 cm³/mol. The van der Waals surface area contributed by atoms with E-state index in [1.54, 1.807) is 0 Å². The molecule has 0 N–H and O–H groups in total. The molecule has 5 aromatic carbocycles. The van der Waals surface area contributed by atoms with Gasteiger partial charge in [-0.2, -0.15) is 0 Å². The first-order chi connectivity index (χ1) is 18.7. The summed E-state index contributed by atoms with van der Waals surface area (Å²) < 4.78 is 2.66. The Morgan fingerprint density at radius 2 is 1.26 bits per heavy atom. The molecule has 0 aliphatic rings. The largest absolute Gasteiger partial charge is 0.252 e. The van der Waals surface area contributed by atoms with Crippen molar-refractivity contribution in [3.05, 3.63) is 157 Å². The Labute approximate surface area is 227 Å². The summed E-state index contributed by atoms with van der Waals surface area (Å²) in [7, 11) is 0. The Hall–Kier alpha value is -4.53. The number of thiophene rings is 1. The average Bonchev–Trinajstić information content (AvgIpc) is 3.37. The van der Waals surface area contributed by atoms with Gasteiger partial charge in [0, 0.05) is 31.4 Å². The number of fused-ring (bicyclic) bond motifs is 3. The van der Waals surface area contributed by atoms with E-state index < -0.39 is 0 Å². The Bertz CT molecular complexity index is 1800. The molecule has 2 heteroatoms. The van der Waals surface area contributed by atoms with Crippen LogP contribution in [0.25, 0.3) is 42.6 Å². The van der Waals surface area contributed by atoms with Gasteiger partial charge in [-0.25, -0.2) is 0 Å². The van der Waals surface area contributed by atoms with Crippen LogP contribution in [0.15, 0.2) is 145 Å². The molecule has 0 spiro atoms. The maximum atomic E-state index is 5.08. The number of benzene rings is 5. The van der Waals surface area contributed by atoms with Gasteiger partial charge in [0.25, 0.3) is 0 Å². The summed E-state index contributed by atoms with van der Waals surface area (Å²) in [5, 5.41) is 2.65. The summed E-state index contributed by atoms with van der Waals surface area (Å²) in [6, 6.07) is 44.6. The fraction of sp³-hybridized carbons (Fsp3) is 0.0278. The number of hydrogen-bond acceptors (Lipinski definition) is 2. The molecule has 6 aromatic rings. The number of rotatable bonds is 6. The molecule has 0 radical (unpaired) electrons. The van der Waals surface area contributed by atoms with Crippen molar-refractivity contribution in [3.63, 3.8) is 0 Å². The van der Waals surface area contributed by atoms with Gasteiger partial charge in [0.2, 0.25) is 0 Å². The van der Waals surface area contributed by atoms with Crippen LogP contribution in [0.1, 0.15) is 23.6 Å². The van der Waals surface area contributed by atoms with E-state index in [0.717, 1.165) is 33.7 Å². The van der Waals surface area contributed by atoms with Crippen LogP contribution in [0.3, 0.4) is 0 Å². The van der Waals surface area contributed by atoms with E-state index in [-0.39, 0.29) is 0 Å². The van der Waals surface area contributed by atoms with Crippen molar-refractivity contribution in [1.29, 1.82) is 0 Å². The molecule has 1 heterocycles. The van der Waals surface area contributed by atoms with Crippen molar-refractivity contribution in [2.75, 3.05) is 0 Å². The SMILES string of the molecule is C=C(/C=C(\N=C(C)c1ccc(-c2cccc3c2sc2ccccc23)cc1)c1ccccc1)c1ccccc1. The summed E-state index contributed by atoms with van der Waals surface area (Å²) in [5.41, 5.74) is 8.55. The summed E-state index contributed by atoms with van der Waals surface area (Å²) >= 11 is 1.86. The Morgan fingerprint density at radius 1 is 0.632 bits per heavy atom. The normalized spacial score (nSPS) is 12.2. The summed E-state index contributed by atoms with van der Waals surface area (Å²) in [6.45, 7) is 6.38. The first kappa shape index (κ1) is 23.8. The maximum absolute atomic E-state index is 5.08. The monoisotopic (exact) mass is 505 g/mol. The second-order valence-electron chi connectivity index (χ2n) is 9.34. The molecule has 0 amide bonds. The fourth-order valence-electron chi connectivity index (χ4n) is 4.80. The highest BCUT2D eigenvalue weighted by atomic mass is 32.1. The molecule has 1 aromatic heterocycles. The average molecular weight is 506 g/mol. The summed E-state index contributed by atoms with van der Waals surface area (Å²) in [5.74, 6) is 0. The second kappa shape index (κ2) is 10.5. The highest BCUT2D eigenvalue weighted by Gasteiger charge is 2.11. The van der Waals surface area contributed by atoms with Gasteiger partial charge in [-0.3, -0.25) is 4.99 Å². The van der Waals surface area contributed by atoms with Gasteiger partial charge in [-0.05, 0) is 46.9 Å². The quantitative estimate of drug-likeness (QED) is 0.158. The minimum atomic E-state index is 0.899. The second-order valence-corrected chi connectivity index (χ2v) is 10.4. The van der Waals surface area contributed by atoms with Crippen LogP contribution >= 0.6 is 11.3 Å². The van der Waals surface area contributed by atoms with Crippen LogP contribution < -0.4 is 0 Å². The zero-order valence-electron chi connectivity index (χ0n) is 21.3. The predicted octanol–water partition coefficient (Wildman–Crippen LogP) is 10.3. The van der Waals surface area contributed by atoms with E-state index in [1.165, 1.54) is 31.3 Å². The molecule has 0 saturated carbocycles. The topological polar surface area (TPSA) is 12.4 Å². The highest BCUT2D eigenvalue weighted by molar-refractivity contribution is 7.26. The van der Waals surface area contributed by atoms with E-state index >= 15 is 0 Å². The van der Waals surface area contributed by atoms with E-state index in [1.807, 2.05) is 47.7 Å². The van der Waals surface area contributed by atoms with E-state index in [4.69, 9.17) is 4.99 Å². The molecule has 0 aliphatic heterocycles. The molecule has 38 heavy (non-hydrogen) atoms. The van der Waals surface area contributed by atoms with Crippen LogP contribution in [0, 0.1) is 0 Å². The lowest BCUT2D eigenvalue weighted by atomic mass is 10.00. The number of aliphatic imine (C=N–C) groups is 1. The van der Waals surface area contributed by atoms with Crippen molar-refractivity contribution in [3.8, 4) is 11.1 Å². The van der Waals surface area contributed by atoms with Gasteiger partial charge in [0.15, 0.2) is 0 Å². The smallest absolute Gasteiger partial charge is 0.0711 e. The minimum absolute atomic E-state index is 0.899. The zero-order valence-corrected chi connectivity index (χ0v) is 22.1. The van der Waals surface area contributed by atoms with Crippen molar-refractivity contribution >= 4 is 48.5 Å². The van der Waals surface area contributed by atoms with Crippen molar-refractivity contribution in [2.24, 2.45) is 4.99 Å². The van der Waals surface area contributed by atoms with E-state index in [0.29, 0.717) is 0 Å². The van der Waals surface area contributed by atoms with Crippen molar-refractivity contribution in [2.45, 2.75) is 6.92 Å². The lowest BCUT2D eigenvalue weighted by Gasteiger charge is -2.09. The molecule has 0 saturated heterocycles. The summed E-state index contributed by atoms with van der Waals surface area (Å²) in [4.78, 5) is 5.08. The van der Waals surface area contributed by atoms with Crippen LogP contribution in [0.5, 0.6) is 0 Å². The Morgan fingerprint density at radius 3 is 2.00 bits per heavy atom. The molecular formula is C36H27NS. The standard InChI is InChI=1S/C36H27NS/c1-25(27-12-5-3-6-13-27)24-34(30-14-7-4-8-15-30)37-26(2)28-20-22-29(23-21-28)31-17-11-18-33-32-16-9-10-19-35(32)38-36(31)33/h3-24H,1H2,2H3/b34-24-,37-26?. The molecule has 0 unspecified atom stereocenters. The molecule has 1 nitrogen and oxygen atoms in total. The molecule has 0 bridgehead atoms. The van der Waals surface area contributed by atoms with Crippen LogP contribution in [0.2, 0.25) is 0 Å². The van der Waals surface area contributed by atoms with Crippen LogP contribution in [0.4, 0.5) is 0 Å². The first-order valence-corrected chi connectivity index (χ1v) is 13.6. The number of nitrogens with zero attached hydrogens (tertiary/aromatic N) is 1. The minimum Gasteiger partial charge on any atom is -0.252 e. The number of allylic oxidation sites excluding steroid dienone is 2. The van der Waals surface area contributed by atoms with Crippen LogP contribution in [-0.2, 0) is 0 Å². The zero-order chi connectivity index (χ0) is 25.9. The van der Waals surface area contributed by atoms with Gasteiger partial charge in [0.1, 0.15) is 0 Å². The number of hydrogen-bond donors (Lipinski definition) is 0. The lowest BCUT2D eigenvalue weighted by Crippen LogP contribution is -1.96. The van der Waals surface area contributed by atoms with E-state index in [2.05, 4.69) is 111 Å². The van der Waals surface area contributed by atoms with E-state index in [9.17, 15) is 0 Å². The first-order valence-electron chi connectivity index (χ1n) is 12.8. The molecule has 0 atom stereocenters. The van der Waals surface area contributed by atoms with Crippen molar-refractivity contribution < 1.29 is 0 Å². The summed E-state index contributed by atoms with van der Waals surface area (Å²) in [6.07, 6.45) is 2.07. The molecule has 0 fully saturated rings. The van der Waals surface area contributed by atoms with Gasteiger partial charge in [0.05, 0.1) is 5.70 Å². The van der Waals surface area contributed by atoms with Crippen LogP contribution in [-0.4, -0.2) is 5.71 Å². The van der Waals surface area contributed by atoms with Gasteiger partial charge in [-0.15, -0.1) is 11.3 Å². The third-order valence-electron chi connectivity index (χ3n) is 6.83. The Balaban J connectivity index is 1.35. The third kappa shape index (κ3) is 4.74. The van der Waals surface area contributed by atoms with Crippen molar-refractivity contribution in [1.82, 2.24) is 0 Å². The van der Waals surface area contributed by atoms with Gasteiger partial charge in [-0.1, -0.05) is 128 Å². The Kier molecular flexibility index (Phi) is 6.56. The highest BCUT2D eigenvalue weighted by Crippen LogP contribution is 2.39. The molecule has 6 rings (SSSR count). The molecule has 182 valence electrons. The molecule has 0 aliphatic carbocycles. The van der Waals surface area contributed by atoms with Gasteiger partial charge < -0.3 is 0 Å². The fourth-order valence-corrected chi connectivity index (χ4v) is 6.04. The third-order valence-corrected chi connectivity index (χ3v) is 8.05. The molecular weight excluding hydrogens is 478 g/mol. The van der Waals surface area contributed by atoms with Gasteiger partial charge >= 0.3 is 0 Å².